The molecule has 3 rings (SSSR count). The maximum atomic E-state index is 12.1. The van der Waals surface area contributed by atoms with Crippen LogP contribution in [0, 0.1) is 5.92 Å². The molecule has 2 heterocycles. The molecule has 0 atom stereocenters. The average Bonchev–Trinajstić information content (AvgIpc) is 3.17. The van der Waals surface area contributed by atoms with E-state index in [9.17, 15) is 9.59 Å². The van der Waals surface area contributed by atoms with Crippen molar-refractivity contribution in [3.63, 3.8) is 0 Å². The highest BCUT2D eigenvalue weighted by Gasteiger charge is 2.35. The van der Waals surface area contributed by atoms with Crippen molar-refractivity contribution in [3.05, 3.63) is 24.0 Å². The van der Waals surface area contributed by atoms with E-state index in [1.54, 1.807) is 0 Å². The van der Waals surface area contributed by atoms with Gasteiger partial charge in [-0.3, -0.25) is 9.59 Å². The zero-order valence-electron chi connectivity index (χ0n) is 11.0. The van der Waals surface area contributed by atoms with Crippen LogP contribution in [0.2, 0.25) is 0 Å². The molecule has 2 aliphatic rings. The van der Waals surface area contributed by atoms with Gasteiger partial charge in [-0.15, -0.1) is 0 Å². The molecule has 1 saturated carbocycles. The number of aromatic nitrogens is 1. The number of nitrogens with zero attached hydrogens (tertiary/aromatic N) is 2. The Bertz CT molecular complexity index is 457. The highest BCUT2D eigenvalue weighted by atomic mass is 16.2. The average molecular weight is 261 g/mol. The molecule has 0 unspecified atom stereocenters. The minimum absolute atomic E-state index is 0.151. The molecule has 5 nitrogen and oxygen atoms in total. The summed E-state index contributed by atoms with van der Waals surface area (Å²) < 4.78 is 0. The highest BCUT2D eigenvalue weighted by molar-refractivity contribution is 5.82. The molecule has 1 saturated heterocycles. The smallest absolute Gasteiger partial charge is 0.227 e. The Labute approximate surface area is 112 Å². The maximum Gasteiger partial charge on any atom is 0.227 e. The van der Waals surface area contributed by atoms with E-state index >= 15 is 0 Å². The molecule has 0 bridgehead atoms. The Kier molecular flexibility index (Phi) is 3.27. The van der Waals surface area contributed by atoms with Gasteiger partial charge in [0.25, 0.3) is 0 Å². The number of carbonyl (C=O) groups is 2. The van der Waals surface area contributed by atoms with E-state index in [0.29, 0.717) is 32.6 Å². The van der Waals surface area contributed by atoms with Crippen LogP contribution < -0.4 is 0 Å². The molecular weight excluding hydrogens is 242 g/mol. The fraction of sp³-hybridized carbons (Fsp3) is 0.571. The largest absolute Gasteiger partial charge is 0.367 e. The lowest BCUT2D eigenvalue weighted by atomic mass is 10.2. The summed E-state index contributed by atoms with van der Waals surface area (Å²) in [5.74, 6) is 0.720. The number of nitrogens with one attached hydrogen (secondary N) is 1. The zero-order chi connectivity index (χ0) is 13.2. The minimum atomic E-state index is 0.151. The van der Waals surface area contributed by atoms with Gasteiger partial charge >= 0.3 is 0 Å². The molecule has 1 aromatic rings. The van der Waals surface area contributed by atoms with Crippen LogP contribution in [0.15, 0.2) is 18.5 Å². The molecule has 2 fully saturated rings. The van der Waals surface area contributed by atoms with Crippen LogP contribution in [-0.4, -0.2) is 52.8 Å². The molecule has 0 aromatic carbocycles. The molecule has 102 valence electrons. The van der Waals surface area contributed by atoms with Gasteiger partial charge in [-0.25, -0.2) is 0 Å². The molecule has 2 amide bonds. The van der Waals surface area contributed by atoms with E-state index < -0.39 is 0 Å². The third-order valence-electron chi connectivity index (χ3n) is 3.89. The van der Waals surface area contributed by atoms with Crippen LogP contribution in [-0.2, 0) is 16.0 Å². The van der Waals surface area contributed by atoms with E-state index in [1.165, 1.54) is 0 Å². The van der Waals surface area contributed by atoms with Gasteiger partial charge in [-0.05, 0) is 24.5 Å². The standard InChI is InChI=1S/C14H19N3O2/c18-13(9-11-3-4-15-10-11)16-5-7-17(8-6-16)14(19)12-1-2-12/h3-4,10,12,15H,1-2,5-9H2. The quantitative estimate of drug-likeness (QED) is 0.868. The molecule has 19 heavy (non-hydrogen) atoms. The number of hydrogen-bond donors (Lipinski definition) is 1. The summed E-state index contributed by atoms with van der Waals surface area (Å²) in [7, 11) is 0. The Morgan fingerprint density at radius 3 is 2.42 bits per heavy atom. The molecule has 1 aromatic heterocycles. The van der Waals surface area contributed by atoms with Crippen LogP contribution in [0.25, 0.3) is 0 Å². The van der Waals surface area contributed by atoms with Gasteiger partial charge in [0.15, 0.2) is 0 Å². The molecular formula is C14H19N3O2. The third kappa shape index (κ3) is 2.80. The summed E-state index contributed by atoms with van der Waals surface area (Å²) in [4.78, 5) is 30.7. The number of aromatic amines is 1. The van der Waals surface area contributed by atoms with Crippen LogP contribution >= 0.6 is 0 Å². The van der Waals surface area contributed by atoms with Gasteiger partial charge in [0.1, 0.15) is 0 Å². The number of rotatable bonds is 3. The molecule has 0 radical (unpaired) electrons. The van der Waals surface area contributed by atoms with Gasteiger partial charge in [-0.2, -0.15) is 0 Å². The van der Waals surface area contributed by atoms with Crippen LogP contribution in [0.4, 0.5) is 0 Å². The Balaban J connectivity index is 1.49. The summed E-state index contributed by atoms with van der Waals surface area (Å²) in [6.45, 7) is 2.71. The zero-order valence-corrected chi connectivity index (χ0v) is 11.0. The molecule has 1 aliphatic heterocycles. The Morgan fingerprint density at radius 1 is 1.16 bits per heavy atom. The van der Waals surface area contributed by atoms with Crippen molar-refractivity contribution in [2.24, 2.45) is 5.92 Å². The van der Waals surface area contributed by atoms with E-state index in [4.69, 9.17) is 0 Å². The number of carbonyl (C=O) groups excluding carboxylic acids is 2. The number of hydrogen-bond acceptors (Lipinski definition) is 2. The summed E-state index contributed by atoms with van der Waals surface area (Å²) in [6, 6.07) is 1.92. The first-order chi connectivity index (χ1) is 9.24. The van der Waals surface area contributed by atoms with Crippen molar-refractivity contribution in [2.45, 2.75) is 19.3 Å². The van der Waals surface area contributed by atoms with Crippen molar-refractivity contribution in [3.8, 4) is 0 Å². The Hall–Kier alpha value is -1.78. The minimum Gasteiger partial charge on any atom is -0.367 e. The second kappa shape index (κ2) is 5.07. The van der Waals surface area contributed by atoms with E-state index in [1.807, 2.05) is 28.3 Å². The van der Waals surface area contributed by atoms with Crippen molar-refractivity contribution >= 4 is 11.8 Å². The van der Waals surface area contributed by atoms with Gasteiger partial charge in [-0.1, -0.05) is 0 Å². The van der Waals surface area contributed by atoms with Crippen molar-refractivity contribution in [1.29, 1.82) is 0 Å². The number of H-pyrrole nitrogens is 1. The van der Waals surface area contributed by atoms with Crippen LogP contribution in [0.1, 0.15) is 18.4 Å². The molecule has 1 N–H and O–H groups in total. The first kappa shape index (κ1) is 12.3. The van der Waals surface area contributed by atoms with Crippen molar-refractivity contribution in [2.75, 3.05) is 26.2 Å². The predicted molar refractivity (Wildman–Crippen MR) is 70.4 cm³/mol. The summed E-state index contributed by atoms with van der Waals surface area (Å²) in [5, 5.41) is 0. The number of amides is 2. The molecule has 0 spiro atoms. The summed E-state index contributed by atoms with van der Waals surface area (Å²) in [6.07, 6.45) is 6.22. The highest BCUT2D eigenvalue weighted by Crippen LogP contribution is 2.31. The monoisotopic (exact) mass is 261 g/mol. The van der Waals surface area contributed by atoms with Gasteiger partial charge in [0.2, 0.25) is 11.8 Å². The fourth-order valence-electron chi connectivity index (χ4n) is 2.52. The number of piperazine rings is 1. The van der Waals surface area contributed by atoms with Gasteiger partial charge in [0, 0.05) is 44.5 Å². The van der Waals surface area contributed by atoms with Gasteiger partial charge in [0.05, 0.1) is 6.42 Å². The lowest BCUT2D eigenvalue weighted by Gasteiger charge is -2.35. The van der Waals surface area contributed by atoms with E-state index in [0.717, 1.165) is 18.4 Å². The van der Waals surface area contributed by atoms with Crippen molar-refractivity contribution in [1.82, 2.24) is 14.8 Å². The van der Waals surface area contributed by atoms with Crippen LogP contribution in [0.5, 0.6) is 0 Å². The lowest BCUT2D eigenvalue weighted by molar-refractivity contribution is -0.140. The predicted octanol–water partition coefficient (Wildman–Crippen LogP) is 0.638. The topological polar surface area (TPSA) is 56.4 Å². The summed E-state index contributed by atoms with van der Waals surface area (Å²) >= 11 is 0. The first-order valence-corrected chi connectivity index (χ1v) is 6.92. The molecule has 1 aliphatic carbocycles. The normalized spacial score (nSPS) is 19.6. The SMILES string of the molecule is O=C(Cc1cc[nH]c1)N1CCN(C(=O)C2CC2)CC1. The fourth-order valence-corrected chi connectivity index (χ4v) is 2.52. The van der Waals surface area contributed by atoms with E-state index in [-0.39, 0.29) is 17.7 Å². The Morgan fingerprint density at radius 2 is 1.84 bits per heavy atom. The second-order valence-electron chi connectivity index (χ2n) is 5.38. The van der Waals surface area contributed by atoms with Gasteiger partial charge < -0.3 is 14.8 Å². The lowest BCUT2D eigenvalue weighted by Crippen LogP contribution is -2.51. The van der Waals surface area contributed by atoms with Crippen molar-refractivity contribution < 1.29 is 9.59 Å². The first-order valence-electron chi connectivity index (χ1n) is 6.92. The second-order valence-corrected chi connectivity index (χ2v) is 5.38. The third-order valence-corrected chi connectivity index (χ3v) is 3.89. The van der Waals surface area contributed by atoms with E-state index in [2.05, 4.69) is 4.98 Å². The van der Waals surface area contributed by atoms with Crippen LogP contribution in [0.3, 0.4) is 0 Å². The summed E-state index contributed by atoms with van der Waals surface area (Å²) in [5.41, 5.74) is 1.02. The molecule has 5 heteroatoms. The maximum absolute atomic E-state index is 12.1.